The monoisotopic (exact) mass is 345 g/mol. The Morgan fingerprint density at radius 1 is 1.17 bits per heavy atom. The minimum Gasteiger partial charge on any atom is -0.452 e. The number of carbonyl (C=O) groups is 2. The van der Waals surface area contributed by atoms with Gasteiger partial charge in [-0.2, -0.15) is 0 Å². The van der Waals surface area contributed by atoms with Crippen LogP contribution in [-0.2, 0) is 26.2 Å². The quantitative estimate of drug-likeness (QED) is 0.828. The lowest BCUT2D eigenvalue weighted by Gasteiger charge is -2.19. The second-order valence-electron chi connectivity index (χ2n) is 6.70. The fraction of sp³-hybridized carbons (Fsp3) is 0.368. The van der Waals surface area contributed by atoms with Gasteiger partial charge in [0.25, 0.3) is 5.91 Å². The van der Waals surface area contributed by atoms with Gasteiger partial charge >= 0.3 is 5.97 Å². The molecule has 128 valence electrons. The number of rotatable bonds is 5. The molecule has 2 rings (SSSR count). The van der Waals surface area contributed by atoms with Crippen molar-refractivity contribution in [2.75, 3.05) is 5.32 Å². The zero-order chi connectivity index (χ0) is 17.7. The summed E-state index contributed by atoms with van der Waals surface area (Å²) in [7, 11) is 0. The van der Waals surface area contributed by atoms with E-state index in [1.54, 1.807) is 6.92 Å². The summed E-state index contributed by atoms with van der Waals surface area (Å²) in [6.07, 6.45) is -0.644. The lowest BCUT2D eigenvalue weighted by molar-refractivity contribution is -0.152. The van der Waals surface area contributed by atoms with E-state index >= 15 is 0 Å². The Labute approximate surface area is 146 Å². The summed E-state index contributed by atoms with van der Waals surface area (Å²) in [6, 6.07) is 11.4. The molecule has 4 nitrogen and oxygen atoms in total. The van der Waals surface area contributed by atoms with E-state index in [4.69, 9.17) is 4.74 Å². The van der Waals surface area contributed by atoms with Crippen molar-refractivity contribution < 1.29 is 14.3 Å². The van der Waals surface area contributed by atoms with Crippen LogP contribution in [0.2, 0.25) is 0 Å². The molecular formula is C19H23NO3S. The molecule has 0 spiro atoms. The molecule has 1 aromatic heterocycles. The topological polar surface area (TPSA) is 55.4 Å². The summed E-state index contributed by atoms with van der Waals surface area (Å²) in [6.45, 7) is 7.98. The van der Waals surface area contributed by atoms with Gasteiger partial charge in [-0.3, -0.25) is 9.59 Å². The highest BCUT2D eigenvalue weighted by Gasteiger charge is 2.19. The van der Waals surface area contributed by atoms with Crippen molar-refractivity contribution >= 4 is 28.9 Å². The first kappa shape index (κ1) is 18.2. The van der Waals surface area contributed by atoms with Crippen molar-refractivity contribution in [2.24, 2.45) is 0 Å². The van der Waals surface area contributed by atoms with Crippen LogP contribution >= 0.6 is 11.3 Å². The lowest BCUT2D eigenvalue weighted by Crippen LogP contribution is -2.30. The van der Waals surface area contributed by atoms with Gasteiger partial charge < -0.3 is 10.1 Å². The number of ether oxygens (including phenoxy) is 1. The first-order chi connectivity index (χ1) is 11.3. The summed E-state index contributed by atoms with van der Waals surface area (Å²) < 4.78 is 5.19. The van der Waals surface area contributed by atoms with Gasteiger partial charge in [-0.25, -0.2) is 0 Å². The largest absolute Gasteiger partial charge is 0.452 e. The molecular weight excluding hydrogens is 322 g/mol. The molecule has 1 N–H and O–H groups in total. The van der Waals surface area contributed by atoms with Crippen molar-refractivity contribution in [3.63, 3.8) is 0 Å². The van der Waals surface area contributed by atoms with Crippen LogP contribution in [0, 0.1) is 0 Å². The first-order valence-corrected chi connectivity index (χ1v) is 8.77. The van der Waals surface area contributed by atoms with E-state index in [1.807, 2.05) is 41.8 Å². The molecule has 1 unspecified atom stereocenters. The predicted molar refractivity (Wildman–Crippen MR) is 97.3 cm³/mol. The van der Waals surface area contributed by atoms with Gasteiger partial charge in [0.05, 0.1) is 6.42 Å². The Morgan fingerprint density at radius 3 is 2.38 bits per heavy atom. The highest BCUT2D eigenvalue weighted by atomic mass is 32.1. The molecule has 0 saturated heterocycles. The molecule has 1 amide bonds. The third kappa shape index (κ3) is 5.20. The Kier molecular flexibility index (Phi) is 5.78. The Morgan fingerprint density at radius 2 is 1.83 bits per heavy atom. The number of hydrogen-bond acceptors (Lipinski definition) is 4. The smallest absolute Gasteiger partial charge is 0.311 e. The highest BCUT2D eigenvalue weighted by molar-refractivity contribution is 7.10. The van der Waals surface area contributed by atoms with Crippen LogP contribution in [0.15, 0.2) is 41.8 Å². The average molecular weight is 345 g/mol. The maximum atomic E-state index is 12.1. The van der Waals surface area contributed by atoms with E-state index < -0.39 is 12.1 Å². The third-order valence-corrected chi connectivity index (χ3v) is 4.47. The molecule has 0 aliphatic rings. The van der Waals surface area contributed by atoms with Crippen molar-refractivity contribution in [2.45, 2.75) is 45.6 Å². The average Bonchev–Trinajstić information content (AvgIpc) is 2.99. The van der Waals surface area contributed by atoms with E-state index in [0.717, 1.165) is 4.88 Å². The van der Waals surface area contributed by atoms with E-state index in [2.05, 4.69) is 26.1 Å². The van der Waals surface area contributed by atoms with Crippen LogP contribution in [0.4, 0.5) is 5.69 Å². The number of hydrogen-bond donors (Lipinski definition) is 1. The first-order valence-electron chi connectivity index (χ1n) is 7.89. The second kappa shape index (κ2) is 7.62. The molecule has 1 heterocycles. The fourth-order valence-electron chi connectivity index (χ4n) is 2.15. The molecule has 0 saturated carbocycles. The zero-order valence-electron chi connectivity index (χ0n) is 14.5. The van der Waals surface area contributed by atoms with Gasteiger partial charge in [0, 0.05) is 10.6 Å². The van der Waals surface area contributed by atoms with E-state index in [0.29, 0.717) is 5.69 Å². The molecule has 0 aliphatic carbocycles. The molecule has 1 aromatic carbocycles. The highest BCUT2D eigenvalue weighted by Crippen LogP contribution is 2.23. The standard InChI is InChI=1S/C19H23NO3S/c1-13(23-17(21)12-16-6-5-11-24-16)18(22)20-15-9-7-14(8-10-15)19(2,3)4/h5-11,13H,12H2,1-4H3,(H,20,22). The number of amides is 1. The lowest BCUT2D eigenvalue weighted by atomic mass is 9.87. The number of benzene rings is 1. The molecule has 0 radical (unpaired) electrons. The predicted octanol–water partition coefficient (Wildman–Crippen LogP) is 4.16. The molecule has 0 aliphatic heterocycles. The molecule has 0 fully saturated rings. The second-order valence-corrected chi connectivity index (χ2v) is 7.74. The number of esters is 1. The number of thiophene rings is 1. The number of nitrogens with one attached hydrogen (secondary N) is 1. The molecule has 5 heteroatoms. The van der Waals surface area contributed by atoms with Crippen LogP contribution in [0.1, 0.15) is 38.1 Å². The molecule has 0 bridgehead atoms. The minimum absolute atomic E-state index is 0.0627. The normalized spacial score (nSPS) is 12.5. The zero-order valence-corrected chi connectivity index (χ0v) is 15.3. The minimum atomic E-state index is -0.834. The van der Waals surface area contributed by atoms with Gasteiger partial charge in [-0.05, 0) is 41.5 Å². The molecule has 1 atom stereocenters. The van der Waals surface area contributed by atoms with Crippen molar-refractivity contribution in [1.29, 1.82) is 0 Å². The maximum Gasteiger partial charge on any atom is 0.311 e. The number of carbonyl (C=O) groups excluding carboxylic acids is 2. The summed E-state index contributed by atoms with van der Waals surface area (Å²) in [5.74, 6) is -0.735. The third-order valence-electron chi connectivity index (χ3n) is 3.59. The fourth-order valence-corrected chi connectivity index (χ4v) is 2.84. The summed E-state index contributed by atoms with van der Waals surface area (Å²) in [5.41, 5.74) is 1.94. The van der Waals surface area contributed by atoms with E-state index in [1.165, 1.54) is 16.9 Å². The Hall–Kier alpha value is -2.14. The Bertz CT molecular complexity index is 684. The van der Waals surface area contributed by atoms with Gasteiger partial charge in [0.1, 0.15) is 0 Å². The van der Waals surface area contributed by atoms with Gasteiger partial charge in [-0.15, -0.1) is 11.3 Å². The molecule has 2 aromatic rings. The number of anilines is 1. The van der Waals surface area contributed by atoms with Crippen molar-refractivity contribution in [1.82, 2.24) is 0 Å². The summed E-state index contributed by atoms with van der Waals surface area (Å²) in [5, 5.41) is 4.67. The Balaban J connectivity index is 1.88. The van der Waals surface area contributed by atoms with Gasteiger partial charge in [0.15, 0.2) is 6.10 Å². The van der Waals surface area contributed by atoms with Crippen LogP contribution in [0.5, 0.6) is 0 Å². The summed E-state index contributed by atoms with van der Waals surface area (Å²) in [4.78, 5) is 24.9. The van der Waals surface area contributed by atoms with Crippen LogP contribution in [-0.4, -0.2) is 18.0 Å². The molecule has 24 heavy (non-hydrogen) atoms. The van der Waals surface area contributed by atoms with Gasteiger partial charge in [-0.1, -0.05) is 39.0 Å². The van der Waals surface area contributed by atoms with Crippen molar-refractivity contribution in [3.8, 4) is 0 Å². The van der Waals surface area contributed by atoms with E-state index in [-0.39, 0.29) is 17.7 Å². The van der Waals surface area contributed by atoms with Gasteiger partial charge in [0.2, 0.25) is 0 Å². The van der Waals surface area contributed by atoms with E-state index in [9.17, 15) is 9.59 Å². The van der Waals surface area contributed by atoms with Crippen LogP contribution < -0.4 is 5.32 Å². The SMILES string of the molecule is CC(OC(=O)Cc1cccs1)C(=O)Nc1ccc(C(C)(C)C)cc1. The van der Waals surface area contributed by atoms with Crippen molar-refractivity contribution in [3.05, 3.63) is 52.2 Å². The van der Waals surface area contributed by atoms with Crippen LogP contribution in [0.25, 0.3) is 0 Å². The van der Waals surface area contributed by atoms with Crippen LogP contribution in [0.3, 0.4) is 0 Å². The summed E-state index contributed by atoms with van der Waals surface area (Å²) >= 11 is 1.49. The maximum absolute atomic E-state index is 12.1.